The second kappa shape index (κ2) is 11.2. The van der Waals surface area contributed by atoms with Gasteiger partial charge in [-0.25, -0.2) is 20.0 Å². The summed E-state index contributed by atoms with van der Waals surface area (Å²) in [6.45, 7) is 2.40. The predicted molar refractivity (Wildman–Crippen MR) is 146 cm³/mol. The van der Waals surface area contributed by atoms with Gasteiger partial charge in [0.15, 0.2) is 0 Å². The van der Waals surface area contributed by atoms with Crippen molar-refractivity contribution in [2.75, 3.05) is 43.6 Å². The zero-order valence-corrected chi connectivity index (χ0v) is 22.5. The van der Waals surface area contributed by atoms with Crippen LogP contribution >= 0.6 is 0 Å². The monoisotopic (exact) mass is 567 g/mol. The quantitative estimate of drug-likeness (QED) is 0.477. The van der Waals surface area contributed by atoms with Crippen LogP contribution in [0.4, 0.5) is 24.9 Å². The van der Waals surface area contributed by atoms with Gasteiger partial charge in [-0.3, -0.25) is 9.80 Å². The highest BCUT2D eigenvalue weighted by atomic mass is 19.4. The van der Waals surface area contributed by atoms with Gasteiger partial charge in [-0.05, 0) is 55.0 Å². The Balaban J connectivity index is 1.52. The van der Waals surface area contributed by atoms with Gasteiger partial charge in [-0.1, -0.05) is 18.2 Å². The molecule has 1 saturated carbocycles. The lowest BCUT2D eigenvalue weighted by Crippen LogP contribution is -2.63. The third-order valence-corrected chi connectivity index (χ3v) is 8.18. The Hall–Kier alpha value is -3.77. The number of likely N-dealkylation sites (tertiary alicyclic amines) is 1. The van der Waals surface area contributed by atoms with Crippen molar-refractivity contribution in [1.82, 2.24) is 24.9 Å². The number of ether oxygens (including phenoxy) is 1. The number of carbonyl (C=O) groups is 1. The van der Waals surface area contributed by atoms with Gasteiger partial charge in [0.1, 0.15) is 5.82 Å². The molecule has 3 atom stereocenters. The van der Waals surface area contributed by atoms with Gasteiger partial charge in [-0.2, -0.15) is 13.2 Å². The van der Waals surface area contributed by atoms with Crippen LogP contribution in [-0.4, -0.2) is 75.7 Å². The Labute approximate surface area is 236 Å². The number of aromatic nitrogens is 3. The fourth-order valence-corrected chi connectivity index (χ4v) is 6.31. The Kier molecular flexibility index (Phi) is 7.52. The first-order chi connectivity index (χ1) is 19.8. The van der Waals surface area contributed by atoms with Crippen molar-refractivity contribution in [1.29, 1.82) is 0 Å². The number of nitrogen functional groups attached to an aromatic ring is 1. The molecule has 9 nitrogen and oxygen atoms in total. The molecule has 3 aromatic rings. The van der Waals surface area contributed by atoms with Crippen LogP contribution in [0.2, 0.25) is 0 Å². The van der Waals surface area contributed by atoms with E-state index in [1.165, 1.54) is 6.20 Å². The molecule has 12 heteroatoms. The molecule has 1 aliphatic carbocycles. The molecule has 2 aliphatic heterocycles. The minimum absolute atomic E-state index is 0.0355. The summed E-state index contributed by atoms with van der Waals surface area (Å²) < 4.78 is 49.5. The van der Waals surface area contributed by atoms with E-state index < -0.39 is 29.7 Å². The summed E-state index contributed by atoms with van der Waals surface area (Å²) in [6.07, 6.45) is 1.91. The molecule has 4 heterocycles. The predicted octanol–water partition coefficient (Wildman–Crippen LogP) is 4.00. The molecule has 3 fully saturated rings. The summed E-state index contributed by atoms with van der Waals surface area (Å²) in [5.74, 6) is -0.668. The van der Waals surface area contributed by atoms with Crippen LogP contribution in [0, 0.1) is 5.92 Å². The lowest BCUT2D eigenvalue weighted by molar-refractivity contribution is -0.138. The van der Waals surface area contributed by atoms with Gasteiger partial charge >= 0.3 is 6.18 Å². The molecule has 2 N–H and O–H groups in total. The number of morpholine rings is 1. The number of hydrogen-bond donors (Lipinski definition) is 1. The maximum Gasteiger partial charge on any atom is 0.416 e. The van der Waals surface area contributed by atoms with Gasteiger partial charge in [0, 0.05) is 55.7 Å². The molecule has 1 amide bonds. The average molecular weight is 568 g/mol. The molecule has 3 unspecified atom stereocenters. The summed E-state index contributed by atoms with van der Waals surface area (Å²) >= 11 is 0. The smallest absolute Gasteiger partial charge is 0.384 e. The van der Waals surface area contributed by atoms with Gasteiger partial charge in [-0.15, -0.1) is 0 Å². The number of pyridine rings is 1. The van der Waals surface area contributed by atoms with E-state index in [4.69, 9.17) is 10.5 Å². The summed E-state index contributed by atoms with van der Waals surface area (Å²) in [4.78, 5) is 28.9. The topological polar surface area (TPSA) is 101 Å². The van der Waals surface area contributed by atoms with E-state index in [1.54, 1.807) is 47.6 Å². The van der Waals surface area contributed by atoms with Crippen molar-refractivity contribution in [3.63, 3.8) is 0 Å². The fourth-order valence-electron chi connectivity index (χ4n) is 6.31. The molecular weight excluding hydrogens is 535 g/mol. The van der Waals surface area contributed by atoms with Crippen molar-refractivity contribution in [2.45, 2.75) is 43.4 Å². The molecule has 3 aliphatic rings. The number of alkyl halides is 3. The van der Waals surface area contributed by atoms with E-state index in [9.17, 15) is 18.0 Å². The minimum Gasteiger partial charge on any atom is -0.384 e. The third-order valence-electron chi connectivity index (χ3n) is 8.18. The molecule has 0 bridgehead atoms. The van der Waals surface area contributed by atoms with Crippen LogP contribution in [0.25, 0.3) is 0 Å². The summed E-state index contributed by atoms with van der Waals surface area (Å²) in [5, 5.41) is 4.01. The van der Waals surface area contributed by atoms with Gasteiger partial charge in [0.25, 0.3) is 5.91 Å². The number of hydrogen-bond acceptors (Lipinski definition) is 8. The van der Waals surface area contributed by atoms with E-state index in [1.807, 2.05) is 11.1 Å². The SMILES string of the molecule is Nc1cc(C(F)(F)F)c(C2C(C3CC3)N(C(=O)c3ccccc3)CCC2N(c2ncccn2)N2CCOCC2)cn1. The van der Waals surface area contributed by atoms with Crippen LogP contribution in [0.3, 0.4) is 0 Å². The van der Waals surface area contributed by atoms with Crippen molar-refractivity contribution in [2.24, 2.45) is 5.92 Å². The average Bonchev–Trinajstić information content (AvgIpc) is 3.83. The summed E-state index contributed by atoms with van der Waals surface area (Å²) in [5.41, 5.74) is 5.51. The van der Waals surface area contributed by atoms with Gasteiger partial charge < -0.3 is 15.4 Å². The first kappa shape index (κ1) is 27.4. The molecule has 2 saturated heterocycles. The highest BCUT2D eigenvalue weighted by molar-refractivity contribution is 5.94. The molecule has 0 spiro atoms. The first-order valence-corrected chi connectivity index (χ1v) is 13.9. The van der Waals surface area contributed by atoms with Crippen molar-refractivity contribution in [3.05, 3.63) is 77.7 Å². The highest BCUT2D eigenvalue weighted by Gasteiger charge is 2.53. The van der Waals surface area contributed by atoms with Crippen LogP contribution < -0.4 is 10.7 Å². The Morgan fingerprint density at radius 2 is 1.68 bits per heavy atom. The molecule has 0 radical (unpaired) electrons. The maximum atomic E-state index is 14.6. The zero-order chi connectivity index (χ0) is 28.6. The number of nitrogens with zero attached hydrogens (tertiary/aromatic N) is 6. The lowest BCUT2D eigenvalue weighted by Gasteiger charge is -2.52. The number of piperidine rings is 1. The second-order valence-electron chi connectivity index (χ2n) is 10.7. The first-order valence-electron chi connectivity index (χ1n) is 13.9. The number of carbonyl (C=O) groups excluding carboxylic acids is 1. The van der Waals surface area contributed by atoms with Crippen LogP contribution in [0.5, 0.6) is 0 Å². The normalized spacial score (nSPS) is 23.8. The summed E-state index contributed by atoms with van der Waals surface area (Å²) in [6, 6.07) is 10.6. The Morgan fingerprint density at radius 3 is 2.34 bits per heavy atom. The zero-order valence-electron chi connectivity index (χ0n) is 22.5. The number of anilines is 2. The number of benzene rings is 1. The van der Waals surface area contributed by atoms with Crippen molar-refractivity contribution >= 4 is 17.7 Å². The third kappa shape index (κ3) is 5.58. The molecule has 6 rings (SSSR count). The van der Waals surface area contributed by atoms with Gasteiger partial charge in [0.05, 0.1) is 24.8 Å². The number of halogens is 3. The minimum atomic E-state index is -4.66. The number of hydrazine groups is 1. The van der Waals surface area contributed by atoms with E-state index in [0.717, 1.165) is 18.9 Å². The number of nitrogens with two attached hydrogens (primary N) is 1. The van der Waals surface area contributed by atoms with E-state index >= 15 is 0 Å². The number of amides is 1. The van der Waals surface area contributed by atoms with Crippen LogP contribution in [-0.2, 0) is 10.9 Å². The van der Waals surface area contributed by atoms with E-state index in [0.29, 0.717) is 50.8 Å². The molecule has 41 heavy (non-hydrogen) atoms. The number of rotatable bonds is 6. The molecule has 216 valence electrons. The fraction of sp³-hybridized carbons (Fsp3) is 0.448. The highest BCUT2D eigenvalue weighted by Crippen LogP contribution is 2.50. The standard InChI is InChI=1S/C29H32F3N7O2/c30-29(31,32)22-17-24(33)36-18-21(22)25-23(39(28-34-10-4-11-35-28)37-13-15-41-16-14-37)9-12-38(26(25)19-7-8-19)27(40)20-5-2-1-3-6-20/h1-6,10-11,17-19,23,25-26H,7-9,12-16H2,(H2,33,36). The second-order valence-corrected chi connectivity index (χ2v) is 10.7. The Morgan fingerprint density at radius 1 is 0.976 bits per heavy atom. The van der Waals surface area contributed by atoms with Crippen molar-refractivity contribution < 1.29 is 22.7 Å². The van der Waals surface area contributed by atoms with Crippen LogP contribution in [0.15, 0.2) is 61.1 Å². The molecular formula is C29H32F3N7O2. The van der Waals surface area contributed by atoms with E-state index in [-0.39, 0.29) is 23.2 Å². The Bertz CT molecular complexity index is 1350. The molecule has 2 aromatic heterocycles. The van der Waals surface area contributed by atoms with Crippen LogP contribution in [0.1, 0.15) is 46.7 Å². The summed E-state index contributed by atoms with van der Waals surface area (Å²) in [7, 11) is 0. The van der Waals surface area contributed by atoms with Crippen molar-refractivity contribution in [3.8, 4) is 0 Å². The lowest BCUT2D eigenvalue weighted by atomic mass is 9.75. The molecule has 1 aromatic carbocycles. The van der Waals surface area contributed by atoms with Gasteiger partial charge in [0.2, 0.25) is 5.95 Å². The largest absolute Gasteiger partial charge is 0.416 e. The maximum absolute atomic E-state index is 14.6. The van der Waals surface area contributed by atoms with E-state index in [2.05, 4.69) is 20.0 Å².